The Hall–Kier alpha value is -0.690. The fourth-order valence-corrected chi connectivity index (χ4v) is 2.38. The fourth-order valence-electron chi connectivity index (χ4n) is 1.38. The third kappa shape index (κ3) is 8.09. The minimum Gasteiger partial charge on any atom is -0.312 e. The van der Waals surface area contributed by atoms with Crippen molar-refractivity contribution in [3.63, 3.8) is 0 Å². The molecular formula is C11H20NO4P. The summed E-state index contributed by atoms with van der Waals surface area (Å²) >= 11 is 0. The molecule has 6 heteroatoms. The average molecular weight is 261 g/mol. The molecule has 0 bridgehead atoms. The van der Waals surface area contributed by atoms with Gasteiger partial charge in [-0.3, -0.25) is 9.36 Å². The van der Waals surface area contributed by atoms with Crippen LogP contribution in [0.3, 0.4) is 0 Å². The van der Waals surface area contributed by atoms with E-state index in [9.17, 15) is 9.36 Å². The number of rotatable bonds is 10. The van der Waals surface area contributed by atoms with Crippen LogP contribution in [0.1, 0.15) is 38.5 Å². The van der Waals surface area contributed by atoms with Gasteiger partial charge in [0, 0.05) is 27.1 Å². The van der Waals surface area contributed by atoms with Crippen LogP contribution in [0.15, 0.2) is 0 Å². The van der Waals surface area contributed by atoms with E-state index in [1.54, 1.807) is 0 Å². The number of nitriles is 1. The maximum Gasteiger partial charge on any atom is 0.337 e. The molecule has 17 heavy (non-hydrogen) atoms. The topological polar surface area (TPSA) is 76.4 Å². The Morgan fingerprint density at radius 3 is 2.29 bits per heavy atom. The second kappa shape index (κ2) is 9.35. The van der Waals surface area contributed by atoms with E-state index in [1.165, 1.54) is 14.2 Å². The summed E-state index contributed by atoms with van der Waals surface area (Å²) in [7, 11) is -0.642. The Kier molecular flexibility index (Phi) is 8.97. The Bertz CT molecular complexity index is 303. The predicted octanol–water partition coefficient (Wildman–Crippen LogP) is 2.91. The summed E-state index contributed by atoms with van der Waals surface area (Å²) in [5.74, 6) is -0.0997. The molecule has 0 fully saturated rings. The highest BCUT2D eigenvalue weighted by Gasteiger charge is 2.24. The highest BCUT2D eigenvalue weighted by atomic mass is 31.2. The first-order valence-electron chi connectivity index (χ1n) is 5.67. The minimum atomic E-state index is -3.20. The van der Waals surface area contributed by atoms with Gasteiger partial charge >= 0.3 is 7.60 Å². The zero-order valence-corrected chi connectivity index (χ0v) is 11.4. The van der Waals surface area contributed by atoms with Crippen molar-refractivity contribution < 1.29 is 18.4 Å². The van der Waals surface area contributed by atoms with Gasteiger partial charge in [0.2, 0.25) is 0 Å². The van der Waals surface area contributed by atoms with E-state index in [1.807, 2.05) is 0 Å². The zero-order valence-electron chi connectivity index (χ0n) is 10.5. The van der Waals surface area contributed by atoms with Gasteiger partial charge in [0.1, 0.15) is 11.9 Å². The van der Waals surface area contributed by atoms with Crippen LogP contribution in [0.4, 0.5) is 0 Å². The van der Waals surface area contributed by atoms with Crippen LogP contribution in [0.25, 0.3) is 0 Å². The van der Waals surface area contributed by atoms with Gasteiger partial charge in [-0.25, -0.2) is 0 Å². The summed E-state index contributed by atoms with van der Waals surface area (Å²) in [6.07, 6.45) is 4.31. The van der Waals surface area contributed by atoms with Gasteiger partial charge in [0.25, 0.3) is 0 Å². The molecule has 0 radical (unpaired) electrons. The van der Waals surface area contributed by atoms with E-state index in [0.717, 1.165) is 25.7 Å². The maximum atomic E-state index is 11.6. The van der Waals surface area contributed by atoms with Gasteiger partial charge in [-0.1, -0.05) is 12.8 Å². The number of carbonyl (C=O) groups excluding carboxylic acids is 1. The molecule has 0 aliphatic rings. The summed E-state index contributed by atoms with van der Waals surface area (Å²) in [5, 5.41) is 8.33. The van der Waals surface area contributed by atoms with E-state index in [4.69, 9.17) is 14.3 Å². The highest BCUT2D eigenvalue weighted by molar-refractivity contribution is 7.54. The minimum absolute atomic E-state index is 0.0997. The van der Waals surface area contributed by atoms with Crippen LogP contribution in [-0.4, -0.2) is 26.2 Å². The van der Waals surface area contributed by atoms with Crippen LogP contribution in [0, 0.1) is 11.3 Å². The number of hydrogen-bond acceptors (Lipinski definition) is 5. The smallest absolute Gasteiger partial charge is 0.312 e. The van der Waals surface area contributed by atoms with Crippen molar-refractivity contribution in [2.75, 3.05) is 20.4 Å². The molecule has 0 saturated carbocycles. The third-order valence-electron chi connectivity index (χ3n) is 2.42. The Morgan fingerprint density at radius 1 is 1.18 bits per heavy atom. The second-order valence-corrected chi connectivity index (χ2v) is 6.01. The first kappa shape index (κ1) is 16.3. The lowest BCUT2D eigenvalue weighted by molar-refractivity contribution is -0.117. The van der Waals surface area contributed by atoms with E-state index in [2.05, 4.69) is 6.07 Å². The van der Waals surface area contributed by atoms with Crippen LogP contribution in [0.2, 0.25) is 0 Å². The van der Waals surface area contributed by atoms with Gasteiger partial charge in [-0.15, -0.1) is 0 Å². The molecule has 0 saturated heterocycles. The second-order valence-electron chi connectivity index (χ2n) is 3.75. The fraction of sp³-hybridized carbons (Fsp3) is 0.818. The van der Waals surface area contributed by atoms with Crippen LogP contribution < -0.4 is 0 Å². The lowest BCUT2D eigenvalue weighted by Crippen LogP contribution is -2.07. The molecule has 0 aromatic heterocycles. The van der Waals surface area contributed by atoms with E-state index >= 15 is 0 Å². The maximum absolute atomic E-state index is 11.6. The number of nitrogens with zero attached hydrogens (tertiary/aromatic N) is 1. The zero-order chi connectivity index (χ0) is 13.1. The molecule has 0 N–H and O–H groups in total. The van der Waals surface area contributed by atoms with Crippen molar-refractivity contribution in [1.29, 1.82) is 5.26 Å². The van der Waals surface area contributed by atoms with Crippen molar-refractivity contribution in [3.05, 3.63) is 0 Å². The number of unbranched alkanes of at least 4 members (excludes halogenated alkanes) is 4. The Balaban J connectivity index is 3.67. The quantitative estimate of drug-likeness (QED) is 0.446. The number of hydrogen-bond donors (Lipinski definition) is 0. The Labute approximate surface area is 103 Å². The number of carbonyl (C=O) groups is 1. The van der Waals surface area contributed by atoms with Crippen molar-refractivity contribution in [2.45, 2.75) is 38.5 Å². The van der Waals surface area contributed by atoms with Gasteiger partial charge < -0.3 is 9.05 Å². The third-order valence-corrected chi connectivity index (χ3v) is 4.27. The van der Waals surface area contributed by atoms with E-state index < -0.39 is 7.60 Å². The molecule has 0 unspecified atom stereocenters. The molecule has 5 nitrogen and oxygen atoms in total. The van der Waals surface area contributed by atoms with Crippen molar-refractivity contribution in [2.24, 2.45) is 0 Å². The molecule has 0 aromatic rings. The normalized spacial score (nSPS) is 11.1. The van der Waals surface area contributed by atoms with Crippen LogP contribution in [-0.2, 0) is 18.4 Å². The first-order chi connectivity index (χ1) is 8.08. The molecular weight excluding hydrogens is 241 g/mol. The van der Waals surface area contributed by atoms with Gasteiger partial charge in [0.05, 0.1) is 6.07 Å². The highest BCUT2D eigenvalue weighted by Crippen LogP contribution is 2.46. The SMILES string of the molecule is COP(=O)(CC(=O)CCCCCCC#N)OC. The predicted molar refractivity (Wildman–Crippen MR) is 64.8 cm³/mol. The molecule has 0 aliphatic carbocycles. The largest absolute Gasteiger partial charge is 0.337 e. The summed E-state index contributed by atoms with van der Waals surface area (Å²) in [6, 6.07) is 2.08. The average Bonchev–Trinajstić information content (AvgIpc) is 2.33. The van der Waals surface area contributed by atoms with Gasteiger partial charge in [-0.05, 0) is 12.8 Å². The van der Waals surface area contributed by atoms with E-state index in [-0.39, 0.29) is 11.9 Å². The Morgan fingerprint density at radius 2 is 1.76 bits per heavy atom. The van der Waals surface area contributed by atoms with Crippen molar-refractivity contribution in [1.82, 2.24) is 0 Å². The van der Waals surface area contributed by atoms with E-state index in [0.29, 0.717) is 12.8 Å². The molecule has 0 atom stereocenters. The molecule has 0 heterocycles. The number of Topliss-reactive ketones (excluding diaryl/α,β-unsaturated/α-hetero) is 1. The standard InChI is InChI=1S/C11H20NO4P/c1-15-17(14,16-2)10-11(13)8-6-4-3-5-7-9-12/h3-8,10H2,1-2H3. The molecule has 0 amide bonds. The van der Waals surface area contributed by atoms with Gasteiger partial charge in [-0.2, -0.15) is 5.26 Å². The summed E-state index contributed by atoms with van der Waals surface area (Å²) in [6.45, 7) is 0. The van der Waals surface area contributed by atoms with Crippen molar-refractivity contribution in [3.8, 4) is 6.07 Å². The van der Waals surface area contributed by atoms with Crippen LogP contribution in [0.5, 0.6) is 0 Å². The lowest BCUT2D eigenvalue weighted by Gasteiger charge is -2.12. The van der Waals surface area contributed by atoms with Crippen LogP contribution >= 0.6 is 7.60 Å². The lowest BCUT2D eigenvalue weighted by atomic mass is 10.1. The summed E-state index contributed by atoms with van der Waals surface area (Å²) in [5.41, 5.74) is 0. The molecule has 98 valence electrons. The summed E-state index contributed by atoms with van der Waals surface area (Å²) in [4.78, 5) is 11.5. The molecule has 0 rings (SSSR count). The molecule has 0 aliphatic heterocycles. The van der Waals surface area contributed by atoms with Gasteiger partial charge in [0.15, 0.2) is 0 Å². The molecule has 0 aromatic carbocycles. The van der Waals surface area contributed by atoms with Crippen molar-refractivity contribution >= 4 is 13.4 Å². The first-order valence-corrected chi connectivity index (χ1v) is 7.40. The monoisotopic (exact) mass is 261 g/mol. The summed E-state index contributed by atoms with van der Waals surface area (Å²) < 4.78 is 21.0. The number of ketones is 1. The molecule has 0 spiro atoms.